The highest BCUT2D eigenvalue weighted by molar-refractivity contribution is 9.08. The third-order valence-corrected chi connectivity index (χ3v) is 2.08. The van der Waals surface area contributed by atoms with Gasteiger partial charge in [0.2, 0.25) is 0 Å². The largest absolute Gasteiger partial charge is 0.299 e. The topological polar surface area (TPSA) is 12.0 Å². The minimum absolute atomic E-state index is 0.884. The number of benzene rings is 1. The number of anilines is 1. The first-order valence-corrected chi connectivity index (χ1v) is 5.38. The van der Waals surface area contributed by atoms with Crippen molar-refractivity contribution in [3.63, 3.8) is 0 Å². The summed E-state index contributed by atoms with van der Waals surface area (Å²) in [4.78, 5) is 2.54. The van der Waals surface area contributed by atoms with E-state index in [-0.39, 0.29) is 0 Å². The zero-order valence-electron chi connectivity index (χ0n) is 7.27. The number of halogens is 2. The smallest absolute Gasteiger partial charge is 0.0491 e. The molecule has 0 bridgehead atoms. The van der Waals surface area contributed by atoms with Crippen molar-refractivity contribution in [1.82, 2.24) is 0 Å². The Morgan fingerprint density at radius 2 is 1.75 bits per heavy atom. The molecule has 0 saturated carbocycles. The van der Waals surface area contributed by atoms with E-state index in [1.54, 1.807) is 0 Å². The number of hydrogen-bond acceptors (Lipinski definition) is 1. The second-order valence-electron chi connectivity index (χ2n) is 1.93. The maximum absolute atomic E-state index is 5.36. The molecular formula is C9H13BrClN. The number of nitrogens with one attached hydrogen (secondary N) is 1. The van der Waals surface area contributed by atoms with Crippen molar-refractivity contribution < 1.29 is 0 Å². The third kappa shape index (κ3) is 3.98. The summed E-state index contributed by atoms with van der Waals surface area (Å²) in [6.45, 7) is 4.00. The number of hydrogen-bond donors (Lipinski definition) is 1. The molecule has 0 amide bonds. The van der Waals surface area contributed by atoms with Gasteiger partial charge in [-0.2, -0.15) is 0 Å². The second-order valence-corrected chi connectivity index (χ2v) is 2.67. The van der Waals surface area contributed by atoms with Crippen molar-refractivity contribution in [2.75, 3.05) is 4.84 Å². The summed E-state index contributed by atoms with van der Waals surface area (Å²) in [7, 11) is 0. The Hall–Kier alpha value is -0.210. The summed E-state index contributed by atoms with van der Waals surface area (Å²) >= 11 is 8.71. The van der Waals surface area contributed by atoms with Crippen LogP contribution < -0.4 is 4.84 Å². The van der Waals surface area contributed by atoms with Crippen LogP contribution >= 0.6 is 27.7 Å². The highest BCUT2D eigenvalue weighted by Crippen LogP contribution is 2.11. The van der Waals surface area contributed by atoms with Crippen molar-refractivity contribution >= 4 is 33.4 Å². The molecule has 0 saturated heterocycles. The van der Waals surface area contributed by atoms with Crippen LogP contribution in [-0.4, -0.2) is 0 Å². The zero-order chi connectivity index (χ0) is 9.40. The van der Waals surface area contributed by atoms with E-state index in [2.05, 4.69) is 20.8 Å². The molecule has 0 heterocycles. The van der Waals surface area contributed by atoms with Crippen LogP contribution in [0.3, 0.4) is 0 Å². The lowest BCUT2D eigenvalue weighted by Gasteiger charge is -1.97. The molecule has 0 radical (unpaired) electrons. The first-order valence-electron chi connectivity index (χ1n) is 3.88. The van der Waals surface area contributed by atoms with Crippen molar-refractivity contribution in [2.24, 2.45) is 0 Å². The SMILES string of the molecule is CC.ClNc1ccc(CBr)cc1. The Morgan fingerprint density at radius 1 is 1.25 bits per heavy atom. The lowest BCUT2D eigenvalue weighted by Crippen LogP contribution is -1.80. The first kappa shape index (κ1) is 11.8. The molecule has 1 N–H and O–H groups in total. The van der Waals surface area contributed by atoms with E-state index in [0.29, 0.717) is 0 Å². The van der Waals surface area contributed by atoms with E-state index in [0.717, 1.165) is 11.0 Å². The molecule has 12 heavy (non-hydrogen) atoms. The molecule has 1 aromatic carbocycles. The van der Waals surface area contributed by atoms with Gasteiger partial charge in [0.25, 0.3) is 0 Å². The molecular weight excluding hydrogens is 237 g/mol. The van der Waals surface area contributed by atoms with Crippen molar-refractivity contribution in [1.29, 1.82) is 0 Å². The predicted molar refractivity (Wildman–Crippen MR) is 59.9 cm³/mol. The molecule has 0 aliphatic rings. The van der Waals surface area contributed by atoms with E-state index >= 15 is 0 Å². The summed E-state index contributed by atoms with van der Waals surface area (Å²) in [6, 6.07) is 7.89. The summed E-state index contributed by atoms with van der Waals surface area (Å²) in [5, 5.41) is 0.884. The first-order chi connectivity index (χ1) is 5.86. The Bertz CT molecular complexity index is 175. The van der Waals surface area contributed by atoms with Crippen LogP contribution in [0.15, 0.2) is 24.3 Å². The molecule has 1 aromatic rings. The van der Waals surface area contributed by atoms with Crippen LogP contribution in [0.2, 0.25) is 0 Å². The van der Waals surface area contributed by atoms with Gasteiger partial charge < -0.3 is 0 Å². The maximum Gasteiger partial charge on any atom is 0.0491 e. The number of rotatable bonds is 2. The fourth-order valence-electron chi connectivity index (χ4n) is 0.657. The van der Waals surface area contributed by atoms with Crippen molar-refractivity contribution in [3.8, 4) is 0 Å². The average molecular weight is 251 g/mol. The van der Waals surface area contributed by atoms with Gasteiger partial charge in [-0.25, -0.2) is 0 Å². The fourth-order valence-corrected chi connectivity index (χ4v) is 1.16. The average Bonchev–Trinajstić information content (AvgIpc) is 2.21. The van der Waals surface area contributed by atoms with Crippen LogP contribution in [0.25, 0.3) is 0 Å². The highest BCUT2D eigenvalue weighted by Gasteiger charge is 1.89. The summed E-state index contributed by atoms with van der Waals surface area (Å²) < 4.78 is 0. The van der Waals surface area contributed by atoms with Gasteiger partial charge in [-0.3, -0.25) is 4.84 Å². The van der Waals surface area contributed by atoms with E-state index in [9.17, 15) is 0 Å². The van der Waals surface area contributed by atoms with E-state index in [4.69, 9.17) is 11.8 Å². The van der Waals surface area contributed by atoms with Crippen molar-refractivity contribution in [3.05, 3.63) is 29.8 Å². The van der Waals surface area contributed by atoms with Gasteiger partial charge in [-0.1, -0.05) is 41.9 Å². The molecule has 0 atom stereocenters. The van der Waals surface area contributed by atoms with Crippen LogP contribution in [0.1, 0.15) is 19.4 Å². The second kappa shape index (κ2) is 7.44. The Morgan fingerprint density at radius 3 is 2.08 bits per heavy atom. The Labute approximate surface area is 87.4 Å². The molecule has 68 valence electrons. The molecule has 0 fully saturated rings. The highest BCUT2D eigenvalue weighted by atomic mass is 79.9. The molecule has 1 rings (SSSR count). The fraction of sp³-hybridized carbons (Fsp3) is 0.333. The molecule has 0 spiro atoms. The van der Waals surface area contributed by atoms with Gasteiger partial charge in [-0.05, 0) is 17.7 Å². The lowest BCUT2D eigenvalue weighted by atomic mass is 10.2. The zero-order valence-corrected chi connectivity index (χ0v) is 9.61. The van der Waals surface area contributed by atoms with Gasteiger partial charge in [-0.15, -0.1) is 0 Å². The van der Waals surface area contributed by atoms with Crippen LogP contribution in [0.4, 0.5) is 5.69 Å². The molecule has 1 nitrogen and oxygen atoms in total. The molecule has 0 aliphatic carbocycles. The number of alkyl halides is 1. The van der Waals surface area contributed by atoms with E-state index in [1.165, 1.54) is 5.56 Å². The molecule has 3 heteroatoms. The standard InChI is InChI=1S/C7H7BrClN.C2H6/c8-5-6-1-3-7(10-9)4-2-6;1-2/h1-4,10H,5H2;1-2H3. The summed E-state index contributed by atoms with van der Waals surface area (Å²) in [6.07, 6.45) is 0. The monoisotopic (exact) mass is 249 g/mol. The summed E-state index contributed by atoms with van der Waals surface area (Å²) in [5.74, 6) is 0. The minimum atomic E-state index is 0.884. The molecule has 0 aromatic heterocycles. The van der Waals surface area contributed by atoms with Gasteiger partial charge in [0.1, 0.15) is 0 Å². The normalized spacial score (nSPS) is 8.33. The quantitative estimate of drug-likeness (QED) is 0.613. The van der Waals surface area contributed by atoms with E-state index < -0.39 is 0 Å². The van der Waals surface area contributed by atoms with Crippen LogP contribution in [0, 0.1) is 0 Å². The van der Waals surface area contributed by atoms with Crippen molar-refractivity contribution in [2.45, 2.75) is 19.2 Å². The third-order valence-electron chi connectivity index (χ3n) is 1.22. The van der Waals surface area contributed by atoms with Gasteiger partial charge in [0, 0.05) is 22.8 Å². The molecule has 0 unspecified atom stereocenters. The van der Waals surface area contributed by atoms with Gasteiger partial charge in [0.15, 0.2) is 0 Å². The van der Waals surface area contributed by atoms with E-state index in [1.807, 2.05) is 38.1 Å². The summed E-state index contributed by atoms with van der Waals surface area (Å²) in [5.41, 5.74) is 2.17. The van der Waals surface area contributed by atoms with Crippen LogP contribution in [-0.2, 0) is 5.33 Å². The Balaban J connectivity index is 0.000000561. The molecule has 0 aliphatic heterocycles. The Kier molecular flexibility index (Phi) is 7.31. The van der Waals surface area contributed by atoms with Crippen LogP contribution in [0.5, 0.6) is 0 Å². The van der Waals surface area contributed by atoms with Gasteiger partial charge >= 0.3 is 0 Å². The maximum atomic E-state index is 5.36. The van der Waals surface area contributed by atoms with Gasteiger partial charge in [0.05, 0.1) is 0 Å². The predicted octanol–water partition coefficient (Wildman–Crippen LogP) is 4.17. The minimum Gasteiger partial charge on any atom is -0.299 e. The lowest BCUT2D eigenvalue weighted by molar-refractivity contribution is 1.44.